The molecule has 0 bridgehead atoms. The van der Waals surface area contributed by atoms with E-state index < -0.39 is 6.10 Å². The largest absolute Gasteiger partial charge is 0.391 e. The molecule has 0 radical (unpaired) electrons. The number of carbonyl (C=O) groups is 1. The van der Waals surface area contributed by atoms with Crippen LogP contribution in [0.1, 0.15) is 54.4 Å². The van der Waals surface area contributed by atoms with Crippen LogP contribution in [0.4, 0.5) is 5.82 Å². The standard InChI is InChI=1S/C22H41N5O3/c1-7-8-17(23-13-18(28)21(2,3)4)20(29)25-19-14-27(16-24-19)22(5,6)15-26-9-11-30-12-10-26/h14,16-18,23,28H,7-13,15H2,1-6H3,(H,25,29). The molecule has 172 valence electrons. The van der Waals surface area contributed by atoms with Gasteiger partial charge >= 0.3 is 0 Å². The lowest BCUT2D eigenvalue weighted by molar-refractivity contribution is -0.118. The minimum Gasteiger partial charge on any atom is -0.391 e. The lowest BCUT2D eigenvalue weighted by atomic mass is 9.89. The lowest BCUT2D eigenvalue weighted by Gasteiger charge is -2.35. The van der Waals surface area contributed by atoms with Gasteiger partial charge in [0.25, 0.3) is 0 Å². The predicted molar refractivity (Wildman–Crippen MR) is 120 cm³/mol. The number of anilines is 1. The second-order valence-electron chi connectivity index (χ2n) is 9.99. The van der Waals surface area contributed by atoms with Crippen molar-refractivity contribution in [3.05, 3.63) is 12.5 Å². The van der Waals surface area contributed by atoms with Gasteiger partial charge in [0.05, 0.1) is 37.2 Å². The third-order valence-corrected chi connectivity index (χ3v) is 5.70. The van der Waals surface area contributed by atoms with E-state index in [1.807, 2.05) is 33.9 Å². The van der Waals surface area contributed by atoms with Crippen LogP contribution < -0.4 is 10.6 Å². The zero-order chi connectivity index (χ0) is 22.4. The van der Waals surface area contributed by atoms with Crippen LogP contribution >= 0.6 is 0 Å². The Hall–Kier alpha value is -1.48. The highest BCUT2D eigenvalue weighted by atomic mass is 16.5. The molecular formula is C22H41N5O3. The molecule has 0 spiro atoms. The van der Waals surface area contributed by atoms with Crippen LogP contribution in [0.5, 0.6) is 0 Å². The van der Waals surface area contributed by atoms with Gasteiger partial charge in [0, 0.05) is 32.4 Å². The van der Waals surface area contributed by atoms with Crippen LogP contribution in [0.15, 0.2) is 12.5 Å². The maximum atomic E-state index is 12.8. The van der Waals surface area contributed by atoms with E-state index in [4.69, 9.17) is 4.74 Å². The average Bonchev–Trinajstić information content (AvgIpc) is 3.14. The summed E-state index contributed by atoms with van der Waals surface area (Å²) in [6.07, 6.45) is 4.72. The third kappa shape index (κ3) is 7.34. The van der Waals surface area contributed by atoms with E-state index in [0.29, 0.717) is 18.8 Å². The lowest BCUT2D eigenvalue weighted by Crippen LogP contribution is -2.46. The van der Waals surface area contributed by atoms with Crippen LogP contribution in [0.3, 0.4) is 0 Å². The van der Waals surface area contributed by atoms with Crippen LogP contribution in [0.25, 0.3) is 0 Å². The Kier molecular flexibility index (Phi) is 8.85. The molecule has 1 aliphatic rings. The number of amides is 1. The van der Waals surface area contributed by atoms with Gasteiger partial charge in [0.2, 0.25) is 5.91 Å². The molecular weight excluding hydrogens is 382 g/mol. The Morgan fingerprint density at radius 3 is 2.53 bits per heavy atom. The topological polar surface area (TPSA) is 91.6 Å². The quantitative estimate of drug-likeness (QED) is 0.534. The molecule has 2 rings (SSSR count). The molecule has 8 heteroatoms. The summed E-state index contributed by atoms with van der Waals surface area (Å²) < 4.78 is 7.49. The fourth-order valence-electron chi connectivity index (χ4n) is 3.49. The molecule has 0 aliphatic carbocycles. The third-order valence-electron chi connectivity index (χ3n) is 5.70. The Balaban J connectivity index is 1.95. The Morgan fingerprint density at radius 1 is 1.27 bits per heavy atom. The molecule has 2 heterocycles. The van der Waals surface area contributed by atoms with Crippen LogP contribution in [0, 0.1) is 5.41 Å². The highest BCUT2D eigenvalue weighted by Crippen LogP contribution is 2.21. The molecule has 2 atom stereocenters. The van der Waals surface area contributed by atoms with Crippen molar-refractivity contribution in [3.8, 4) is 0 Å². The molecule has 3 N–H and O–H groups in total. The fourth-order valence-corrected chi connectivity index (χ4v) is 3.49. The van der Waals surface area contributed by atoms with E-state index in [-0.39, 0.29) is 22.9 Å². The molecule has 0 saturated carbocycles. The molecule has 0 aromatic carbocycles. The van der Waals surface area contributed by atoms with E-state index in [1.165, 1.54) is 0 Å². The highest BCUT2D eigenvalue weighted by Gasteiger charge is 2.27. The minimum atomic E-state index is -0.523. The molecule has 8 nitrogen and oxygen atoms in total. The molecule has 1 aromatic rings. The minimum absolute atomic E-state index is 0.116. The van der Waals surface area contributed by atoms with Crippen molar-refractivity contribution in [2.24, 2.45) is 5.41 Å². The highest BCUT2D eigenvalue weighted by molar-refractivity contribution is 5.93. The first-order chi connectivity index (χ1) is 14.0. The maximum absolute atomic E-state index is 12.8. The molecule has 1 fully saturated rings. The van der Waals surface area contributed by atoms with Crippen molar-refractivity contribution >= 4 is 11.7 Å². The Bertz CT molecular complexity index is 662. The van der Waals surface area contributed by atoms with Crippen molar-refractivity contribution in [1.29, 1.82) is 0 Å². The number of nitrogens with zero attached hydrogens (tertiary/aromatic N) is 3. The number of hydrogen-bond donors (Lipinski definition) is 3. The zero-order valence-electron chi connectivity index (χ0n) is 19.6. The van der Waals surface area contributed by atoms with Crippen LogP contribution in [-0.4, -0.2) is 77.0 Å². The van der Waals surface area contributed by atoms with Gasteiger partial charge in [0.1, 0.15) is 0 Å². The van der Waals surface area contributed by atoms with Crippen molar-refractivity contribution in [1.82, 2.24) is 19.8 Å². The summed E-state index contributed by atoms with van der Waals surface area (Å²) in [5.74, 6) is 0.434. The smallest absolute Gasteiger partial charge is 0.242 e. The SMILES string of the molecule is CCCC(NCC(O)C(C)(C)C)C(=O)Nc1cn(C(C)(C)CN2CCOCC2)cn1. The van der Waals surface area contributed by atoms with Crippen LogP contribution in [0.2, 0.25) is 0 Å². The fraction of sp³-hybridized carbons (Fsp3) is 0.818. The Labute approximate surface area is 181 Å². The second kappa shape index (κ2) is 10.7. The molecule has 1 aliphatic heterocycles. The van der Waals surface area contributed by atoms with Gasteiger partial charge in [-0.3, -0.25) is 9.69 Å². The molecule has 30 heavy (non-hydrogen) atoms. The summed E-state index contributed by atoms with van der Waals surface area (Å²) in [4.78, 5) is 19.6. The monoisotopic (exact) mass is 423 g/mol. The number of aromatic nitrogens is 2. The van der Waals surface area contributed by atoms with Crippen molar-refractivity contribution < 1.29 is 14.6 Å². The zero-order valence-corrected chi connectivity index (χ0v) is 19.6. The van der Waals surface area contributed by atoms with Gasteiger partial charge in [0.15, 0.2) is 5.82 Å². The predicted octanol–water partition coefficient (Wildman–Crippen LogP) is 2.05. The van der Waals surface area contributed by atoms with Gasteiger partial charge in [-0.1, -0.05) is 34.1 Å². The normalized spacial score (nSPS) is 18.2. The first kappa shape index (κ1) is 24.8. The number of aliphatic hydroxyl groups excluding tert-OH is 1. The summed E-state index contributed by atoms with van der Waals surface area (Å²) in [5, 5.41) is 16.4. The van der Waals surface area contributed by atoms with Crippen molar-refractivity contribution in [3.63, 3.8) is 0 Å². The van der Waals surface area contributed by atoms with E-state index in [0.717, 1.165) is 39.3 Å². The summed E-state index contributed by atoms with van der Waals surface area (Å²) in [7, 11) is 0. The summed E-state index contributed by atoms with van der Waals surface area (Å²) in [6, 6.07) is -0.362. The number of nitrogens with one attached hydrogen (secondary N) is 2. The number of ether oxygens (including phenoxy) is 1. The van der Waals surface area contributed by atoms with Gasteiger partial charge < -0.3 is 25.0 Å². The van der Waals surface area contributed by atoms with Gasteiger partial charge in [-0.2, -0.15) is 0 Å². The van der Waals surface area contributed by atoms with Crippen molar-refractivity contribution in [2.75, 3.05) is 44.7 Å². The molecule has 1 amide bonds. The van der Waals surface area contributed by atoms with E-state index in [1.54, 1.807) is 6.33 Å². The number of imidazole rings is 1. The number of rotatable bonds is 10. The first-order valence-corrected chi connectivity index (χ1v) is 11.1. The Morgan fingerprint density at radius 2 is 1.93 bits per heavy atom. The van der Waals surface area contributed by atoms with Gasteiger partial charge in [-0.15, -0.1) is 0 Å². The van der Waals surface area contributed by atoms with Crippen LogP contribution in [-0.2, 0) is 15.1 Å². The maximum Gasteiger partial charge on any atom is 0.242 e. The summed E-state index contributed by atoms with van der Waals surface area (Å²) in [6.45, 7) is 17.0. The number of aliphatic hydroxyl groups is 1. The second-order valence-corrected chi connectivity index (χ2v) is 9.99. The van der Waals surface area contributed by atoms with E-state index in [2.05, 4.69) is 38.9 Å². The van der Waals surface area contributed by atoms with E-state index in [9.17, 15) is 9.90 Å². The van der Waals surface area contributed by atoms with Gasteiger partial charge in [-0.05, 0) is 25.7 Å². The number of carbonyl (C=O) groups excluding carboxylic acids is 1. The van der Waals surface area contributed by atoms with E-state index >= 15 is 0 Å². The number of morpholine rings is 1. The average molecular weight is 424 g/mol. The molecule has 1 aromatic heterocycles. The summed E-state index contributed by atoms with van der Waals surface area (Å²) in [5.41, 5.74) is -0.379. The number of hydrogen-bond acceptors (Lipinski definition) is 6. The first-order valence-electron chi connectivity index (χ1n) is 11.1. The van der Waals surface area contributed by atoms with Crippen molar-refractivity contribution in [2.45, 2.75) is 72.1 Å². The molecule has 1 saturated heterocycles. The van der Waals surface area contributed by atoms with Gasteiger partial charge in [-0.25, -0.2) is 4.98 Å². The summed E-state index contributed by atoms with van der Waals surface area (Å²) >= 11 is 0. The molecule has 2 unspecified atom stereocenters.